The summed E-state index contributed by atoms with van der Waals surface area (Å²) in [5.41, 5.74) is -0.889. The quantitative estimate of drug-likeness (QED) is 0.486. The summed E-state index contributed by atoms with van der Waals surface area (Å²) in [6.07, 6.45) is -0.0662. The van der Waals surface area contributed by atoms with Gasteiger partial charge in [0.2, 0.25) is 10.0 Å². The molecule has 1 aliphatic rings. The van der Waals surface area contributed by atoms with E-state index in [2.05, 4.69) is 4.72 Å². The van der Waals surface area contributed by atoms with Gasteiger partial charge in [0.05, 0.1) is 9.82 Å². The first-order valence-corrected chi connectivity index (χ1v) is 11.2. The molecule has 10 nitrogen and oxygen atoms in total. The second-order valence-corrected chi connectivity index (χ2v) is 10.2. The molecule has 0 bridgehead atoms. The van der Waals surface area contributed by atoms with Crippen LogP contribution in [0, 0.1) is 22.0 Å². The summed E-state index contributed by atoms with van der Waals surface area (Å²) in [4.78, 5) is 24.0. The minimum Gasteiger partial charge on any atom is -0.444 e. The normalized spacial score (nSPS) is 20.8. The number of carbonyl (C=O) groups excluding carboxylic acids is 1. The van der Waals surface area contributed by atoms with Crippen molar-refractivity contribution in [3.63, 3.8) is 0 Å². The predicted molar refractivity (Wildman–Crippen MR) is 109 cm³/mol. The molecule has 11 heteroatoms. The number of carbonyl (C=O) groups is 1. The molecule has 1 fully saturated rings. The molecule has 2 rings (SSSR count). The first-order valence-electron chi connectivity index (χ1n) is 9.69. The van der Waals surface area contributed by atoms with Crippen LogP contribution in [0.2, 0.25) is 0 Å². The maximum absolute atomic E-state index is 12.8. The van der Waals surface area contributed by atoms with Gasteiger partial charge in [-0.05, 0) is 51.2 Å². The van der Waals surface area contributed by atoms with E-state index in [9.17, 15) is 28.4 Å². The maximum atomic E-state index is 12.8. The van der Waals surface area contributed by atoms with Crippen LogP contribution in [0.1, 0.15) is 34.1 Å². The lowest BCUT2D eigenvalue weighted by atomic mass is 9.88. The number of likely N-dealkylation sites (tertiary alicyclic amines) is 1. The molecule has 1 saturated heterocycles. The molecule has 0 aromatic heterocycles. The Morgan fingerprint density at radius 3 is 2.43 bits per heavy atom. The molecule has 1 aliphatic heterocycles. The van der Waals surface area contributed by atoms with E-state index in [0.29, 0.717) is 13.0 Å². The van der Waals surface area contributed by atoms with Crippen molar-refractivity contribution >= 4 is 21.8 Å². The third-order valence-electron chi connectivity index (χ3n) is 5.00. The highest BCUT2D eigenvalue weighted by Crippen LogP contribution is 2.29. The third kappa shape index (κ3) is 6.13. The Morgan fingerprint density at radius 1 is 1.33 bits per heavy atom. The van der Waals surface area contributed by atoms with Crippen LogP contribution in [0.5, 0.6) is 0 Å². The summed E-state index contributed by atoms with van der Waals surface area (Å²) in [5.74, 6) is -0.274. The van der Waals surface area contributed by atoms with Gasteiger partial charge in [0.25, 0.3) is 5.69 Å². The van der Waals surface area contributed by atoms with Crippen molar-refractivity contribution in [3.8, 4) is 0 Å². The molecule has 1 heterocycles. The summed E-state index contributed by atoms with van der Waals surface area (Å²) in [6, 6.07) is 4.02. The van der Waals surface area contributed by atoms with Crippen molar-refractivity contribution in [2.24, 2.45) is 11.8 Å². The smallest absolute Gasteiger partial charge is 0.410 e. The van der Waals surface area contributed by atoms with E-state index < -0.39 is 32.7 Å². The molecular weight excluding hydrogens is 414 g/mol. The topological polar surface area (TPSA) is 139 Å². The first kappa shape index (κ1) is 24.0. The van der Waals surface area contributed by atoms with E-state index in [-0.39, 0.29) is 35.6 Å². The lowest BCUT2D eigenvalue weighted by Crippen LogP contribution is -2.43. The Balaban J connectivity index is 2.22. The zero-order chi connectivity index (χ0) is 22.7. The fourth-order valence-electron chi connectivity index (χ4n) is 3.44. The zero-order valence-corrected chi connectivity index (χ0v) is 18.4. The number of hydrogen-bond acceptors (Lipinski definition) is 7. The van der Waals surface area contributed by atoms with Crippen molar-refractivity contribution in [1.82, 2.24) is 9.62 Å². The molecule has 0 spiro atoms. The highest BCUT2D eigenvalue weighted by molar-refractivity contribution is 7.89. The van der Waals surface area contributed by atoms with Crippen LogP contribution >= 0.6 is 0 Å². The lowest BCUT2D eigenvalue weighted by Gasteiger charge is -2.25. The molecule has 30 heavy (non-hydrogen) atoms. The van der Waals surface area contributed by atoms with Crippen LogP contribution in [0.25, 0.3) is 0 Å². The molecule has 1 aromatic carbocycles. The number of hydrogen-bond donors (Lipinski definition) is 2. The minimum atomic E-state index is -3.97. The van der Waals surface area contributed by atoms with Gasteiger partial charge in [-0.1, -0.05) is 6.92 Å². The number of nitro groups is 1. The number of benzene rings is 1. The number of sulfonamides is 1. The monoisotopic (exact) mass is 443 g/mol. The average molecular weight is 444 g/mol. The van der Waals surface area contributed by atoms with Gasteiger partial charge >= 0.3 is 6.09 Å². The maximum Gasteiger partial charge on any atom is 0.410 e. The number of amides is 1. The van der Waals surface area contributed by atoms with Gasteiger partial charge in [-0.15, -0.1) is 0 Å². The Bertz CT molecular complexity index is 865. The van der Waals surface area contributed by atoms with Crippen LogP contribution < -0.4 is 4.72 Å². The van der Waals surface area contributed by atoms with Gasteiger partial charge in [-0.2, -0.15) is 0 Å². The average Bonchev–Trinajstić information content (AvgIpc) is 3.04. The van der Waals surface area contributed by atoms with Gasteiger partial charge < -0.3 is 14.7 Å². The minimum absolute atomic E-state index is 0.0491. The molecule has 0 aliphatic carbocycles. The SMILES string of the molecule is C[C@H](CCO)C1CN(C(=O)OC(C)(C)C)C[C@H]1NS(=O)(=O)c1ccc([N+](=O)[O-])cc1. The molecular formula is C19H29N3O7S. The summed E-state index contributed by atoms with van der Waals surface area (Å²) >= 11 is 0. The predicted octanol–water partition coefficient (Wildman–Crippen LogP) is 2.13. The summed E-state index contributed by atoms with van der Waals surface area (Å²) in [5, 5.41) is 20.1. The Labute approximate surface area is 176 Å². The Morgan fingerprint density at radius 2 is 1.93 bits per heavy atom. The van der Waals surface area contributed by atoms with Crippen LogP contribution in [-0.4, -0.2) is 60.8 Å². The number of nitro benzene ring substituents is 1. The van der Waals surface area contributed by atoms with Crippen LogP contribution in [-0.2, 0) is 14.8 Å². The van der Waals surface area contributed by atoms with Crippen molar-refractivity contribution < 1.29 is 28.0 Å². The van der Waals surface area contributed by atoms with Crippen molar-refractivity contribution in [2.45, 2.75) is 50.7 Å². The second-order valence-electron chi connectivity index (χ2n) is 8.52. The number of non-ortho nitro benzene ring substituents is 1. The highest BCUT2D eigenvalue weighted by Gasteiger charge is 2.41. The molecule has 1 unspecified atom stereocenters. The van der Waals surface area contributed by atoms with Gasteiger partial charge in [0, 0.05) is 37.9 Å². The van der Waals surface area contributed by atoms with E-state index in [0.717, 1.165) is 12.1 Å². The van der Waals surface area contributed by atoms with Gasteiger partial charge in [0.1, 0.15) is 5.60 Å². The van der Waals surface area contributed by atoms with Crippen molar-refractivity contribution in [3.05, 3.63) is 34.4 Å². The number of ether oxygens (including phenoxy) is 1. The van der Waals surface area contributed by atoms with E-state index in [1.54, 1.807) is 20.8 Å². The van der Waals surface area contributed by atoms with E-state index in [4.69, 9.17) is 4.74 Å². The number of aliphatic hydroxyl groups is 1. The zero-order valence-electron chi connectivity index (χ0n) is 17.6. The molecule has 1 aromatic rings. The van der Waals surface area contributed by atoms with Crippen LogP contribution in [0.15, 0.2) is 29.2 Å². The van der Waals surface area contributed by atoms with Gasteiger partial charge in [-0.3, -0.25) is 10.1 Å². The summed E-state index contributed by atoms with van der Waals surface area (Å²) in [6.45, 7) is 7.52. The fraction of sp³-hybridized carbons (Fsp3) is 0.632. The first-order chi connectivity index (χ1) is 13.8. The molecule has 0 radical (unpaired) electrons. The fourth-order valence-corrected chi connectivity index (χ4v) is 4.72. The van der Waals surface area contributed by atoms with Crippen LogP contribution in [0.3, 0.4) is 0 Å². The number of nitrogens with zero attached hydrogens (tertiary/aromatic N) is 2. The summed E-state index contributed by atoms with van der Waals surface area (Å²) < 4.78 is 33.7. The number of rotatable bonds is 7. The Kier molecular flexibility index (Phi) is 7.43. The third-order valence-corrected chi connectivity index (χ3v) is 6.50. The van der Waals surface area contributed by atoms with Crippen molar-refractivity contribution in [1.29, 1.82) is 0 Å². The Hall–Kier alpha value is -2.24. The van der Waals surface area contributed by atoms with E-state index in [1.165, 1.54) is 17.0 Å². The molecule has 2 N–H and O–H groups in total. The molecule has 168 valence electrons. The molecule has 1 amide bonds. The van der Waals surface area contributed by atoms with E-state index >= 15 is 0 Å². The standard InChI is InChI=1S/C19H29N3O7S/c1-13(9-10-23)16-11-21(18(24)29-19(2,3)4)12-17(16)20-30(27,28)15-7-5-14(6-8-15)22(25)26/h5-8,13,16-17,20,23H,9-12H2,1-4H3/t13-,16?,17-/m1/s1. The van der Waals surface area contributed by atoms with Crippen LogP contribution in [0.4, 0.5) is 10.5 Å². The second kappa shape index (κ2) is 9.27. The highest BCUT2D eigenvalue weighted by atomic mass is 32.2. The molecule has 3 atom stereocenters. The largest absolute Gasteiger partial charge is 0.444 e. The number of nitrogens with one attached hydrogen (secondary N) is 1. The van der Waals surface area contributed by atoms with Gasteiger partial charge in [0.15, 0.2) is 0 Å². The summed E-state index contributed by atoms with van der Waals surface area (Å²) in [7, 11) is -3.97. The molecule has 0 saturated carbocycles. The van der Waals surface area contributed by atoms with Crippen molar-refractivity contribution in [2.75, 3.05) is 19.7 Å². The number of aliphatic hydroxyl groups excluding tert-OH is 1. The van der Waals surface area contributed by atoms with Gasteiger partial charge in [-0.25, -0.2) is 17.9 Å². The lowest BCUT2D eigenvalue weighted by molar-refractivity contribution is -0.384. The van der Waals surface area contributed by atoms with E-state index in [1.807, 2.05) is 6.92 Å².